The van der Waals surface area contributed by atoms with Gasteiger partial charge in [0.25, 0.3) is 0 Å². The van der Waals surface area contributed by atoms with Crippen LogP contribution in [0.2, 0.25) is 0 Å². The highest BCUT2D eigenvalue weighted by atomic mass is 15.3. The number of hydrogen-bond acceptors (Lipinski definition) is 4. The van der Waals surface area contributed by atoms with Crippen LogP contribution >= 0.6 is 0 Å². The van der Waals surface area contributed by atoms with Crippen LogP contribution in [-0.2, 0) is 0 Å². The van der Waals surface area contributed by atoms with Crippen molar-refractivity contribution in [1.29, 1.82) is 0 Å². The minimum Gasteiger partial charge on any atom is -0.303 e. The van der Waals surface area contributed by atoms with E-state index in [0.29, 0.717) is 6.04 Å². The van der Waals surface area contributed by atoms with E-state index in [4.69, 9.17) is 0 Å². The fourth-order valence-corrected chi connectivity index (χ4v) is 5.23. The van der Waals surface area contributed by atoms with Gasteiger partial charge in [-0.05, 0) is 84.6 Å². The summed E-state index contributed by atoms with van der Waals surface area (Å²) in [6, 6.07) is 1.57. The Balaban J connectivity index is 1.31. The zero-order valence-corrected chi connectivity index (χ0v) is 17.8. The lowest BCUT2D eigenvalue weighted by Crippen LogP contribution is -2.54. The van der Waals surface area contributed by atoms with Crippen molar-refractivity contribution in [3.63, 3.8) is 0 Å². The molecule has 152 valence electrons. The summed E-state index contributed by atoms with van der Waals surface area (Å²) in [5, 5.41) is 0. The molecule has 0 aliphatic carbocycles. The SMILES string of the molecule is CCCCN1CCC(CN2CCC(N3CCN(C(C)C)CC3)CC2)CC1. The van der Waals surface area contributed by atoms with Gasteiger partial charge in [0.05, 0.1) is 0 Å². The van der Waals surface area contributed by atoms with Gasteiger partial charge in [0, 0.05) is 44.8 Å². The van der Waals surface area contributed by atoms with E-state index in [-0.39, 0.29) is 0 Å². The summed E-state index contributed by atoms with van der Waals surface area (Å²) < 4.78 is 0. The van der Waals surface area contributed by atoms with E-state index >= 15 is 0 Å². The van der Waals surface area contributed by atoms with E-state index in [9.17, 15) is 0 Å². The largest absolute Gasteiger partial charge is 0.303 e. The van der Waals surface area contributed by atoms with Crippen LogP contribution in [0, 0.1) is 5.92 Å². The first-order chi connectivity index (χ1) is 12.7. The Labute approximate surface area is 162 Å². The van der Waals surface area contributed by atoms with Gasteiger partial charge >= 0.3 is 0 Å². The molecule has 0 radical (unpaired) electrons. The lowest BCUT2D eigenvalue weighted by Gasteiger charge is -2.44. The maximum absolute atomic E-state index is 2.79. The summed E-state index contributed by atoms with van der Waals surface area (Å²) in [7, 11) is 0. The van der Waals surface area contributed by atoms with Crippen molar-refractivity contribution in [2.24, 2.45) is 5.92 Å². The summed E-state index contributed by atoms with van der Waals surface area (Å²) >= 11 is 0. The number of piperidine rings is 2. The molecule has 4 nitrogen and oxygen atoms in total. The molecule has 0 unspecified atom stereocenters. The molecule has 3 aliphatic heterocycles. The highest BCUT2D eigenvalue weighted by molar-refractivity contribution is 4.85. The quantitative estimate of drug-likeness (QED) is 0.688. The van der Waals surface area contributed by atoms with E-state index in [1.165, 1.54) is 104 Å². The molecule has 0 aromatic carbocycles. The van der Waals surface area contributed by atoms with Crippen LogP contribution in [0.25, 0.3) is 0 Å². The molecule has 0 saturated carbocycles. The van der Waals surface area contributed by atoms with E-state index in [0.717, 1.165) is 12.0 Å². The second kappa shape index (κ2) is 10.4. The van der Waals surface area contributed by atoms with Gasteiger partial charge in [-0.25, -0.2) is 0 Å². The normalized spacial score (nSPS) is 26.8. The van der Waals surface area contributed by atoms with Gasteiger partial charge in [-0.1, -0.05) is 13.3 Å². The molecule has 26 heavy (non-hydrogen) atoms. The molecule has 0 N–H and O–H groups in total. The molecule has 3 aliphatic rings. The maximum Gasteiger partial charge on any atom is 0.0121 e. The predicted octanol–water partition coefficient (Wildman–Crippen LogP) is 2.99. The van der Waals surface area contributed by atoms with Crippen LogP contribution in [0.3, 0.4) is 0 Å². The summed E-state index contributed by atoms with van der Waals surface area (Å²) in [5.74, 6) is 0.957. The highest BCUT2D eigenvalue weighted by Gasteiger charge is 2.29. The summed E-state index contributed by atoms with van der Waals surface area (Å²) in [4.78, 5) is 10.9. The second-order valence-electron chi connectivity index (χ2n) is 9.34. The first-order valence-corrected chi connectivity index (χ1v) is 11.6. The van der Waals surface area contributed by atoms with E-state index in [1.807, 2.05) is 0 Å². The van der Waals surface area contributed by atoms with Crippen molar-refractivity contribution in [3.05, 3.63) is 0 Å². The molecular weight excluding hydrogens is 320 g/mol. The van der Waals surface area contributed by atoms with Gasteiger partial charge in [0.1, 0.15) is 0 Å². The summed E-state index contributed by atoms with van der Waals surface area (Å²) in [5.41, 5.74) is 0. The van der Waals surface area contributed by atoms with Crippen molar-refractivity contribution in [2.75, 3.05) is 65.4 Å². The first kappa shape index (κ1) is 20.6. The van der Waals surface area contributed by atoms with E-state index < -0.39 is 0 Å². The van der Waals surface area contributed by atoms with Gasteiger partial charge in [-0.2, -0.15) is 0 Å². The third-order valence-electron chi connectivity index (χ3n) is 7.20. The fourth-order valence-electron chi connectivity index (χ4n) is 5.23. The molecule has 3 rings (SSSR count). The third kappa shape index (κ3) is 5.92. The fraction of sp³-hybridized carbons (Fsp3) is 1.00. The Hall–Kier alpha value is -0.160. The van der Waals surface area contributed by atoms with Crippen LogP contribution < -0.4 is 0 Å². The molecule has 3 heterocycles. The minimum absolute atomic E-state index is 0.715. The Kier molecular flexibility index (Phi) is 8.23. The Bertz CT molecular complexity index is 376. The molecule has 3 saturated heterocycles. The predicted molar refractivity (Wildman–Crippen MR) is 112 cm³/mol. The molecule has 3 fully saturated rings. The number of likely N-dealkylation sites (tertiary alicyclic amines) is 2. The van der Waals surface area contributed by atoms with Crippen molar-refractivity contribution in [2.45, 2.75) is 71.4 Å². The van der Waals surface area contributed by atoms with Gasteiger partial charge in [-0.15, -0.1) is 0 Å². The second-order valence-corrected chi connectivity index (χ2v) is 9.34. The standard InChI is InChI=1S/C22H44N4/c1-4-5-10-23-11-6-21(7-12-23)19-24-13-8-22(9-14-24)26-17-15-25(16-18-26)20(2)3/h20-22H,4-19H2,1-3H3. The number of piperazine rings is 1. The lowest BCUT2D eigenvalue weighted by molar-refractivity contribution is 0.0422. The molecule has 0 aromatic rings. The number of hydrogen-bond donors (Lipinski definition) is 0. The third-order valence-corrected chi connectivity index (χ3v) is 7.20. The minimum atomic E-state index is 0.715. The van der Waals surface area contributed by atoms with Crippen molar-refractivity contribution >= 4 is 0 Å². The van der Waals surface area contributed by atoms with Crippen LogP contribution in [0.15, 0.2) is 0 Å². The Morgan fingerprint density at radius 1 is 0.769 bits per heavy atom. The topological polar surface area (TPSA) is 13.0 Å². The average Bonchev–Trinajstić information content (AvgIpc) is 2.68. The van der Waals surface area contributed by atoms with E-state index in [2.05, 4.69) is 40.4 Å². The smallest absolute Gasteiger partial charge is 0.0121 e. The summed E-state index contributed by atoms with van der Waals surface area (Å²) in [6.45, 7) is 20.2. The molecule has 4 heteroatoms. The molecule has 0 amide bonds. The van der Waals surface area contributed by atoms with Crippen molar-refractivity contribution in [1.82, 2.24) is 19.6 Å². The van der Waals surface area contributed by atoms with Gasteiger partial charge < -0.3 is 9.80 Å². The first-order valence-electron chi connectivity index (χ1n) is 11.6. The molecule has 0 spiro atoms. The van der Waals surface area contributed by atoms with Gasteiger partial charge in [0.2, 0.25) is 0 Å². The zero-order valence-electron chi connectivity index (χ0n) is 17.8. The van der Waals surface area contributed by atoms with Crippen molar-refractivity contribution < 1.29 is 0 Å². The monoisotopic (exact) mass is 364 g/mol. The Morgan fingerprint density at radius 3 is 1.96 bits per heavy atom. The lowest BCUT2D eigenvalue weighted by atomic mass is 9.94. The number of nitrogens with zero attached hydrogens (tertiary/aromatic N) is 4. The van der Waals surface area contributed by atoms with Crippen molar-refractivity contribution in [3.8, 4) is 0 Å². The van der Waals surface area contributed by atoms with Gasteiger partial charge in [0.15, 0.2) is 0 Å². The van der Waals surface area contributed by atoms with Gasteiger partial charge in [-0.3, -0.25) is 9.80 Å². The number of unbranched alkanes of at least 4 members (excludes halogenated alkanes) is 1. The summed E-state index contributed by atoms with van der Waals surface area (Å²) in [6.07, 6.45) is 8.38. The highest BCUT2D eigenvalue weighted by Crippen LogP contribution is 2.23. The molecular formula is C22H44N4. The Morgan fingerprint density at radius 2 is 1.38 bits per heavy atom. The molecule has 0 bridgehead atoms. The zero-order chi connectivity index (χ0) is 18.4. The number of rotatable bonds is 7. The molecule has 0 atom stereocenters. The van der Waals surface area contributed by atoms with Crippen LogP contribution in [0.4, 0.5) is 0 Å². The molecule has 0 aromatic heterocycles. The maximum atomic E-state index is 2.79. The van der Waals surface area contributed by atoms with Crippen LogP contribution in [0.5, 0.6) is 0 Å². The van der Waals surface area contributed by atoms with Crippen LogP contribution in [0.1, 0.15) is 59.3 Å². The average molecular weight is 365 g/mol. The van der Waals surface area contributed by atoms with E-state index in [1.54, 1.807) is 0 Å². The van der Waals surface area contributed by atoms with Crippen LogP contribution in [-0.4, -0.2) is 97.1 Å².